The molecule has 126 valence electrons. The highest BCUT2D eigenvalue weighted by molar-refractivity contribution is 5.82. The van der Waals surface area contributed by atoms with E-state index in [-0.39, 0.29) is 0 Å². The Bertz CT molecular complexity index is 924. The van der Waals surface area contributed by atoms with Crippen LogP contribution in [0, 0.1) is 0 Å². The van der Waals surface area contributed by atoms with Crippen molar-refractivity contribution in [1.82, 2.24) is 15.0 Å². The van der Waals surface area contributed by atoms with Gasteiger partial charge in [0.15, 0.2) is 6.29 Å². The number of aromatic amines is 1. The summed E-state index contributed by atoms with van der Waals surface area (Å²) in [6, 6.07) is 7.52. The first-order valence-electron chi connectivity index (χ1n) is 8.15. The molecule has 3 aromatic rings. The van der Waals surface area contributed by atoms with Gasteiger partial charge in [0.05, 0.1) is 5.56 Å². The standard InChI is InChI=1S/C20H20N4O/c1-15(12-23-19-17(14-25)8-4-10-21-19)6-2-3-7-16-13-24-20-18(16)9-5-11-22-20/h2-6,8-11,13-14H,7,12H2,1H3,(H,21,23)(H,22,24)/b3-2-,15-6+. The molecule has 0 saturated heterocycles. The average Bonchev–Trinajstić information content (AvgIpc) is 3.07. The van der Waals surface area contributed by atoms with E-state index in [4.69, 9.17) is 0 Å². The van der Waals surface area contributed by atoms with Crippen LogP contribution < -0.4 is 5.32 Å². The van der Waals surface area contributed by atoms with E-state index in [0.29, 0.717) is 17.9 Å². The summed E-state index contributed by atoms with van der Waals surface area (Å²) >= 11 is 0. The van der Waals surface area contributed by atoms with Gasteiger partial charge in [-0.2, -0.15) is 0 Å². The van der Waals surface area contributed by atoms with Crippen molar-refractivity contribution in [3.8, 4) is 0 Å². The fraction of sp³-hybridized carbons (Fsp3) is 0.150. The molecule has 0 aliphatic heterocycles. The van der Waals surface area contributed by atoms with E-state index >= 15 is 0 Å². The van der Waals surface area contributed by atoms with Gasteiger partial charge in [0.2, 0.25) is 0 Å². The van der Waals surface area contributed by atoms with E-state index < -0.39 is 0 Å². The minimum atomic E-state index is 0.568. The Balaban J connectivity index is 1.56. The van der Waals surface area contributed by atoms with Crippen LogP contribution in [0.1, 0.15) is 22.8 Å². The van der Waals surface area contributed by atoms with Crippen molar-refractivity contribution in [2.75, 3.05) is 11.9 Å². The number of hydrogen-bond donors (Lipinski definition) is 2. The number of nitrogens with zero attached hydrogens (tertiary/aromatic N) is 2. The predicted octanol–water partition coefficient (Wildman–Crippen LogP) is 3.93. The van der Waals surface area contributed by atoms with Gasteiger partial charge < -0.3 is 10.3 Å². The number of nitrogens with one attached hydrogen (secondary N) is 2. The number of carbonyl (C=O) groups excluding carboxylic acids is 1. The molecule has 0 fully saturated rings. The van der Waals surface area contributed by atoms with E-state index in [1.807, 2.05) is 25.3 Å². The van der Waals surface area contributed by atoms with Crippen molar-refractivity contribution in [2.24, 2.45) is 0 Å². The topological polar surface area (TPSA) is 70.7 Å². The first kappa shape index (κ1) is 16.6. The predicted molar refractivity (Wildman–Crippen MR) is 101 cm³/mol. The minimum Gasteiger partial charge on any atom is -0.366 e. The molecule has 3 heterocycles. The number of aromatic nitrogens is 3. The van der Waals surface area contributed by atoms with Gasteiger partial charge >= 0.3 is 0 Å². The quantitative estimate of drug-likeness (QED) is 0.508. The number of allylic oxidation sites excluding steroid dienone is 3. The molecule has 3 rings (SSSR count). The van der Waals surface area contributed by atoms with Gasteiger partial charge in [0.25, 0.3) is 0 Å². The zero-order valence-corrected chi connectivity index (χ0v) is 14.1. The summed E-state index contributed by atoms with van der Waals surface area (Å²) in [6.45, 7) is 2.68. The third kappa shape index (κ3) is 4.20. The lowest BCUT2D eigenvalue weighted by molar-refractivity contribution is 0.112. The Kier molecular flexibility index (Phi) is 5.36. The molecule has 0 amide bonds. The van der Waals surface area contributed by atoms with Crippen LogP contribution in [0.25, 0.3) is 11.0 Å². The average molecular weight is 332 g/mol. The highest BCUT2D eigenvalue weighted by Gasteiger charge is 2.02. The Labute approximate surface area is 146 Å². The molecule has 3 aromatic heterocycles. The summed E-state index contributed by atoms with van der Waals surface area (Å²) in [5.41, 5.74) is 3.87. The molecule has 0 unspecified atom stereocenters. The van der Waals surface area contributed by atoms with Gasteiger partial charge in [-0.25, -0.2) is 9.97 Å². The third-order valence-electron chi connectivity index (χ3n) is 3.89. The van der Waals surface area contributed by atoms with Crippen LogP contribution in [0.2, 0.25) is 0 Å². The summed E-state index contributed by atoms with van der Waals surface area (Å²) < 4.78 is 0. The number of aldehydes is 1. The summed E-state index contributed by atoms with van der Waals surface area (Å²) in [6.07, 6.45) is 13.3. The molecule has 0 radical (unpaired) electrons. The van der Waals surface area contributed by atoms with Crippen LogP contribution in [0.4, 0.5) is 5.82 Å². The number of fused-ring (bicyclic) bond motifs is 1. The SMILES string of the molecule is C/C(=C\C=C/Cc1c[nH]c2ncccc12)CNc1ncccc1C=O. The summed E-state index contributed by atoms with van der Waals surface area (Å²) in [4.78, 5) is 22.6. The molecule has 0 aliphatic carbocycles. The molecule has 2 N–H and O–H groups in total. The Morgan fingerprint density at radius 3 is 2.96 bits per heavy atom. The minimum absolute atomic E-state index is 0.568. The molecule has 0 bridgehead atoms. The molecule has 0 saturated carbocycles. The highest BCUT2D eigenvalue weighted by atomic mass is 16.1. The van der Waals surface area contributed by atoms with E-state index in [2.05, 4.69) is 38.5 Å². The van der Waals surface area contributed by atoms with Crippen LogP contribution in [0.3, 0.4) is 0 Å². The number of H-pyrrole nitrogens is 1. The van der Waals surface area contributed by atoms with Gasteiger partial charge in [-0.05, 0) is 43.2 Å². The molecular formula is C20H20N4O. The highest BCUT2D eigenvalue weighted by Crippen LogP contribution is 2.16. The number of anilines is 1. The van der Waals surface area contributed by atoms with Crippen LogP contribution in [0.5, 0.6) is 0 Å². The fourth-order valence-corrected chi connectivity index (χ4v) is 2.55. The number of carbonyl (C=O) groups is 1. The van der Waals surface area contributed by atoms with Gasteiger partial charge in [0.1, 0.15) is 11.5 Å². The van der Waals surface area contributed by atoms with E-state index in [0.717, 1.165) is 29.3 Å². The van der Waals surface area contributed by atoms with E-state index in [1.165, 1.54) is 5.56 Å². The maximum absolute atomic E-state index is 11.0. The van der Waals surface area contributed by atoms with Crippen LogP contribution >= 0.6 is 0 Å². The first-order chi connectivity index (χ1) is 12.3. The maximum atomic E-state index is 11.0. The molecule has 5 heteroatoms. The molecule has 0 spiro atoms. The summed E-state index contributed by atoms with van der Waals surface area (Å²) in [7, 11) is 0. The molecular weight excluding hydrogens is 312 g/mol. The number of rotatable bonds is 7. The van der Waals surface area contributed by atoms with E-state index in [1.54, 1.807) is 24.5 Å². The molecule has 0 aliphatic rings. The lowest BCUT2D eigenvalue weighted by atomic mass is 10.1. The zero-order chi connectivity index (χ0) is 17.5. The lowest BCUT2D eigenvalue weighted by Crippen LogP contribution is -2.06. The first-order valence-corrected chi connectivity index (χ1v) is 8.15. The van der Waals surface area contributed by atoms with Gasteiger partial charge in [0, 0.05) is 30.5 Å². The van der Waals surface area contributed by atoms with Crippen molar-refractivity contribution in [3.63, 3.8) is 0 Å². The third-order valence-corrected chi connectivity index (χ3v) is 3.89. The summed E-state index contributed by atoms with van der Waals surface area (Å²) in [5, 5.41) is 4.34. The molecule has 0 atom stereocenters. The monoisotopic (exact) mass is 332 g/mol. The van der Waals surface area contributed by atoms with Crippen molar-refractivity contribution in [3.05, 3.63) is 77.8 Å². The zero-order valence-electron chi connectivity index (χ0n) is 14.1. The van der Waals surface area contributed by atoms with Crippen LogP contribution in [0.15, 0.2) is 66.7 Å². The molecule has 5 nitrogen and oxygen atoms in total. The smallest absolute Gasteiger partial charge is 0.153 e. The van der Waals surface area contributed by atoms with Crippen molar-refractivity contribution < 1.29 is 4.79 Å². The Hall–Kier alpha value is -3.21. The normalized spacial score (nSPS) is 12.0. The molecule has 0 aromatic carbocycles. The van der Waals surface area contributed by atoms with Crippen molar-refractivity contribution in [1.29, 1.82) is 0 Å². The fourth-order valence-electron chi connectivity index (χ4n) is 2.55. The van der Waals surface area contributed by atoms with Crippen LogP contribution in [-0.4, -0.2) is 27.8 Å². The van der Waals surface area contributed by atoms with Crippen molar-refractivity contribution >= 4 is 23.1 Å². The maximum Gasteiger partial charge on any atom is 0.153 e. The number of hydrogen-bond acceptors (Lipinski definition) is 4. The Morgan fingerprint density at radius 1 is 1.24 bits per heavy atom. The van der Waals surface area contributed by atoms with Crippen molar-refractivity contribution in [2.45, 2.75) is 13.3 Å². The molecule has 25 heavy (non-hydrogen) atoms. The lowest BCUT2D eigenvalue weighted by Gasteiger charge is -2.07. The van der Waals surface area contributed by atoms with Crippen LogP contribution in [-0.2, 0) is 6.42 Å². The second-order valence-corrected chi connectivity index (χ2v) is 5.77. The van der Waals surface area contributed by atoms with Gasteiger partial charge in [-0.3, -0.25) is 4.79 Å². The Morgan fingerprint density at radius 2 is 2.08 bits per heavy atom. The summed E-state index contributed by atoms with van der Waals surface area (Å²) in [5.74, 6) is 0.612. The van der Waals surface area contributed by atoms with E-state index in [9.17, 15) is 4.79 Å². The van der Waals surface area contributed by atoms with Gasteiger partial charge in [-0.1, -0.05) is 23.8 Å². The second kappa shape index (κ2) is 8.06. The second-order valence-electron chi connectivity index (χ2n) is 5.77. The number of pyridine rings is 2. The largest absolute Gasteiger partial charge is 0.366 e. The van der Waals surface area contributed by atoms with Gasteiger partial charge in [-0.15, -0.1) is 0 Å².